The third kappa shape index (κ3) is 1.19. The first kappa shape index (κ1) is 9.06. The van der Waals surface area contributed by atoms with Crippen LogP contribution in [0.4, 0.5) is 0 Å². The summed E-state index contributed by atoms with van der Waals surface area (Å²) in [5.74, 6) is -3.91. The molecule has 0 saturated heterocycles. The van der Waals surface area contributed by atoms with Crippen LogP contribution in [-0.2, 0) is 0 Å². The minimum Gasteiger partial charge on any atom is -0.475 e. The van der Waals surface area contributed by atoms with Crippen molar-refractivity contribution in [1.82, 2.24) is 15.3 Å². The number of imide groups is 1. The largest absolute Gasteiger partial charge is 0.475 e. The second kappa shape index (κ2) is 2.74. The van der Waals surface area contributed by atoms with Gasteiger partial charge in [0.1, 0.15) is 11.3 Å². The van der Waals surface area contributed by atoms with Crippen LogP contribution in [0.5, 0.6) is 0 Å². The Labute approximate surface area is 80.9 Å². The van der Waals surface area contributed by atoms with Gasteiger partial charge in [0.2, 0.25) is 5.82 Å². The van der Waals surface area contributed by atoms with Gasteiger partial charge in [-0.05, 0) is 0 Å². The molecule has 0 aromatic carbocycles. The van der Waals surface area contributed by atoms with Crippen LogP contribution in [0.3, 0.4) is 0 Å². The predicted octanol–water partition coefficient (Wildman–Crippen LogP) is -1.65. The van der Waals surface area contributed by atoms with Crippen LogP contribution in [0.25, 0.3) is 0 Å². The Hall–Kier alpha value is -2.51. The quantitative estimate of drug-likeness (QED) is 0.475. The minimum absolute atomic E-state index is 0.454. The standard InChI is InChI=1S/C7H3N3O5/c11-4-1-2(6(13)10-5(1)12)8-3(9-4)7(14)15/h(H,14,15)(H,8,9,11)(H,10,12,13). The molecule has 1 aliphatic heterocycles. The number of nitrogens with one attached hydrogen (secondary N) is 2. The van der Waals surface area contributed by atoms with Gasteiger partial charge in [0, 0.05) is 0 Å². The van der Waals surface area contributed by atoms with Gasteiger partial charge in [0.05, 0.1) is 0 Å². The SMILES string of the molecule is O=C(O)c1nc2c(c(=O)[nH]1)C(=O)NC2=O. The van der Waals surface area contributed by atoms with Crippen LogP contribution >= 0.6 is 0 Å². The summed E-state index contributed by atoms with van der Waals surface area (Å²) in [7, 11) is 0. The number of hydrogen-bond donors (Lipinski definition) is 3. The number of aromatic amines is 1. The number of carbonyl (C=O) groups excluding carboxylic acids is 2. The summed E-state index contributed by atoms with van der Waals surface area (Å²) in [6.07, 6.45) is 0. The number of aromatic nitrogens is 2. The summed E-state index contributed by atoms with van der Waals surface area (Å²) in [5.41, 5.74) is -1.85. The molecule has 15 heavy (non-hydrogen) atoms. The Morgan fingerprint density at radius 3 is 2.47 bits per heavy atom. The Morgan fingerprint density at radius 2 is 1.87 bits per heavy atom. The third-order valence-corrected chi connectivity index (χ3v) is 1.79. The summed E-state index contributed by atoms with van der Waals surface area (Å²) < 4.78 is 0. The highest BCUT2D eigenvalue weighted by atomic mass is 16.4. The maximum Gasteiger partial charge on any atom is 0.372 e. The molecule has 0 radical (unpaired) electrons. The smallest absolute Gasteiger partial charge is 0.372 e. The van der Waals surface area contributed by atoms with Crippen LogP contribution in [0.1, 0.15) is 31.5 Å². The Morgan fingerprint density at radius 1 is 1.20 bits per heavy atom. The van der Waals surface area contributed by atoms with Crippen molar-refractivity contribution < 1.29 is 19.5 Å². The molecule has 0 spiro atoms. The normalized spacial score (nSPS) is 13.6. The van der Waals surface area contributed by atoms with Crippen molar-refractivity contribution in [3.8, 4) is 0 Å². The molecule has 0 fully saturated rings. The first-order valence-electron chi connectivity index (χ1n) is 3.74. The van der Waals surface area contributed by atoms with Crippen molar-refractivity contribution in [2.45, 2.75) is 0 Å². The van der Waals surface area contributed by atoms with E-state index in [1.165, 1.54) is 0 Å². The lowest BCUT2D eigenvalue weighted by Crippen LogP contribution is -2.24. The molecule has 0 bridgehead atoms. The van der Waals surface area contributed by atoms with Crippen LogP contribution in [0, 0.1) is 0 Å². The molecule has 8 heteroatoms. The van der Waals surface area contributed by atoms with Crippen LogP contribution in [-0.4, -0.2) is 32.9 Å². The minimum atomic E-state index is -1.48. The monoisotopic (exact) mass is 209 g/mol. The molecule has 1 aromatic heterocycles. The van der Waals surface area contributed by atoms with Gasteiger partial charge in [-0.25, -0.2) is 9.78 Å². The fraction of sp³-hybridized carbons (Fsp3) is 0. The van der Waals surface area contributed by atoms with E-state index < -0.39 is 40.4 Å². The number of carboxylic acid groups (broad SMARTS) is 1. The zero-order valence-electron chi connectivity index (χ0n) is 7.03. The maximum atomic E-state index is 11.2. The second-order valence-electron chi connectivity index (χ2n) is 2.73. The molecule has 3 N–H and O–H groups in total. The molecule has 0 unspecified atom stereocenters. The van der Waals surface area contributed by atoms with E-state index in [4.69, 9.17) is 5.11 Å². The van der Waals surface area contributed by atoms with Gasteiger partial charge in [0.15, 0.2) is 0 Å². The number of nitrogens with zero attached hydrogens (tertiary/aromatic N) is 1. The van der Waals surface area contributed by atoms with E-state index in [1.54, 1.807) is 0 Å². The lowest BCUT2D eigenvalue weighted by atomic mass is 10.2. The molecule has 8 nitrogen and oxygen atoms in total. The Bertz CT molecular complexity index is 558. The highest BCUT2D eigenvalue weighted by molar-refractivity contribution is 6.20. The highest BCUT2D eigenvalue weighted by Crippen LogP contribution is 2.07. The van der Waals surface area contributed by atoms with Gasteiger partial charge in [-0.15, -0.1) is 0 Å². The van der Waals surface area contributed by atoms with Crippen molar-refractivity contribution in [2.24, 2.45) is 0 Å². The zero-order valence-corrected chi connectivity index (χ0v) is 7.03. The number of hydrogen-bond acceptors (Lipinski definition) is 5. The van der Waals surface area contributed by atoms with Gasteiger partial charge in [0.25, 0.3) is 17.4 Å². The molecule has 0 aliphatic carbocycles. The average molecular weight is 209 g/mol. The van der Waals surface area contributed by atoms with Gasteiger partial charge < -0.3 is 10.1 Å². The second-order valence-corrected chi connectivity index (χ2v) is 2.73. The van der Waals surface area contributed by atoms with Crippen molar-refractivity contribution in [2.75, 3.05) is 0 Å². The molecule has 2 rings (SSSR count). The van der Waals surface area contributed by atoms with Gasteiger partial charge >= 0.3 is 5.97 Å². The summed E-state index contributed by atoms with van der Waals surface area (Å²) in [5, 5.41) is 10.4. The number of rotatable bonds is 1. The Balaban J connectivity index is 2.78. The van der Waals surface area contributed by atoms with Crippen molar-refractivity contribution in [3.05, 3.63) is 27.4 Å². The molecular formula is C7H3N3O5. The summed E-state index contributed by atoms with van der Waals surface area (Å²) >= 11 is 0. The molecule has 1 aromatic rings. The van der Waals surface area contributed by atoms with E-state index in [2.05, 4.69) is 4.98 Å². The van der Waals surface area contributed by atoms with Crippen molar-refractivity contribution in [3.63, 3.8) is 0 Å². The van der Waals surface area contributed by atoms with Gasteiger partial charge in [-0.2, -0.15) is 0 Å². The van der Waals surface area contributed by atoms with Crippen LogP contribution < -0.4 is 10.9 Å². The number of carbonyl (C=O) groups is 3. The average Bonchev–Trinajstić information content (AvgIpc) is 2.42. The van der Waals surface area contributed by atoms with E-state index in [-0.39, 0.29) is 0 Å². The molecule has 76 valence electrons. The lowest BCUT2D eigenvalue weighted by molar-refractivity contribution is 0.0682. The molecule has 1 aliphatic rings. The van der Waals surface area contributed by atoms with Crippen molar-refractivity contribution in [1.29, 1.82) is 0 Å². The zero-order chi connectivity index (χ0) is 11.2. The number of fused-ring (bicyclic) bond motifs is 1. The predicted molar refractivity (Wildman–Crippen MR) is 43.6 cm³/mol. The molecular weight excluding hydrogens is 206 g/mol. The maximum absolute atomic E-state index is 11.2. The first-order valence-corrected chi connectivity index (χ1v) is 3.74. The third-order valence-electron chi connectivity index (χ3n) is 1.79. The van der Waals surface area contributed by atoms with E-state index in [9.17, 15) is 19.2 Å². The van der Waals surface area contributed by atoms with Gasteiger partial charge in [-0.3, -0.25) is 19.7 Å². The van der Waals surface area contributed by atoms with Gasteiger partial charge in [-0.1, -0.05) is 0 Å². The summed E-state index contributed by atoms with van der Waals surface area (Å²) in [4.78, 5) is 49.0. The summed E-state index contributed by atoms with van der Waals surface area (Å²) in [6.45, 7) is 0. The fourth-order valence-electron chi connectivity index (χ4n) is 1.17. The molecule has 2 amide bonds. The molecule has 2 heterocycles. The van der Waals surface area contributed by atoms with Crippen LogP contribution in [0.15, 0.2) is 4.79 Å². The molecule has 0 atom stereocenters. The highest BCUT2D eigenvalue weighted by Gasteiger charge is 2.32. The van der Waals surface area contributed by atoms with E-state index in [1.807, 2.05) is 10.3 Å². The van der Waals surface area contributed by atoms with E-state index >= 15 is 0 Å². The van der Waals surface area contributed by atoms with Crippen LogP contribution in [0.2, 0.25) is 0 Å². The molecule has 0 saturated carbocycles. The number of amides is 2. The van der Waals surface area contributed by atoms with Crippen molar-refractivity contribution >= 4 is 17.8 Å². The number of H-pyrrole nitrogens is 1. The lowest BCUT2D eigenvalue weighted by Gasteiger charge is -1.95. The number of carboxylic acids is 1. The van der Waals surface area contributed by atoms with E-state index in [0.29, 0.717) is 0 Å². The topological polar surface area (TPSA) is 129 Å². The number of aromatic carboxylic acids is 1. The summed E-state index contributed by atoms with van der Waals surface area (Å²) in [6, 6.07) is 0. The fourth-order valence-corrected chi connectivity index (χ4v) is 1.17. The van der Waals surface area contributed by atoms with E-state index in [0.717, 1.165) is 0 Å². The first-order chi connectivity index (χ1) is 7.00. The Kier molecular flexibility index (Phi) is 1.65.